The maximum atomic E-state index is 11.3. The van der Waals surface area contributed by atoms with Gasteiger partial charge in [-0.1, -0.05) is 31.1 Å². The zero-order valence-electron chi connectivity index (χ0n) is 17.1. The molecular formula is C19H30IN5O3S. The maximum absolute atomic E-state index is 11.3. The third-order valence-corrected chi connectivity index (χ3v) is 5.23. The standard InChI is InChI=1S/C19H29N5O3S.HI/c1-4-17-16(18(5-2)27-24-17)13-23-19(21-6-3)22-12-11-14-7-9-15(10-8-14)28(20,25)26;/h7-10H,4-6,11-13H2,1-3H3,(H2,20,25,26)(H2,21,22,23);1H. The zero-order valence-corrected chi connectivity index (χ0v) is 20.2. The van der Waals surface area contributed by atoms with E-state index in [2.05, 4.69) is 27.7 Å². The number of nitrogens with two attached hydrogens (primary N) is 1. The summed E-state index contributed by atoms with van der Waals surface area (Å²) in [4.78, 5) is 4.77. The van der Waals surface area contributed by atoms with Crippen molar-refractivity contribution in [2.24, 2.45) is 10.1 Å². The lowest BCUT2D eigenvalue weighted by Crippen LogP contribution is -2.38. The molecule has 0 spiro atoms. The molecule has 1 heterocycles. The highest BCUT2D eigenvalue weighted by Crippen LogP contribution is 2.16. The van der Waals surface area contributed by atoms with E-state index in [-0.39, 0.29) is 28.9 Å². The van der Waals surface area contributed by atoms with Gasteiger partial charge in [0.15, 0.2) is 5.96 Å². The monoisotopic (exact) mass is 535 g/mol. The Hall–Kier alpha value is -1.66. The van der Waals surface area contributed by atoms with E-state index in [0.717, 1.165) is 48.4 Å². The number of aliphatic imine (C=N–C) groups is 1. The van der Waals surface area contributed by atoms with Gasteiger partial charge in [0.25, 0.3) is 0 Å². The van der Waals surface area contributed by atoms with Gasteiger partial charge >= 0.3 is 0 Å². The molecule has 2 aromatic rings. The average Bonchev–Trinajstić information content (AvgIpc) is 3.07. The van der Waals surface area contributed by atoms with Gasteiger partial charge in [-0.25, -0.2) is 18.5 Å². The van der Waals surface area contributed by atoms with Crippen molar-refractivity contribution in [2.75, 3.05) is 13.1 Å². The number of guanidine groups is 1. The number of benzene rings is 1. The lowest BCUT2D eigenvalue weighted by Gasteiger charge is -2.11. The summed E-state index contributed by atoms with van der Waals surface area (Å²) in [5, 5.41) is 15.8. The van der Waals surface area contributed by atoms with Crippen LogP contribution in [-0.4, -0.2) is 32.6 Å². The van der Waals surface area contributed by atoms with Crippen molar-refractivity contribution in [2.45, 2.75) is 51.5 Å². The molecule has 2 rings (SSSR count). The van der Waals surface area contributed by atoms with Crippen molar-refractivity contribution in [3.05, 3.63) is 46.8 Å². The number of aryl methyl sites for hydroxylation is 2. The van der Waals surface area contributed by atoms with E-state index in [1.54, 1.807) is 12.1 Å². The molecule has 0 atom stereocenters. The molecule has 29 heavy (non-hydrogen) atoms. The fourth-order valence-corrected chi connectivity index (χ4v) is 3.30. The molecule has 1 aromatic carbocycles. The van der Waals surface area contributed by atoms with Gasteiger partial charge in [-0.2, -0.15) is 0 Å². The van der Waals surface area contributed by atoms with Crippen LogP contribution in [0.3, 0.4) is 0 Å². The fraction of sp³-hybridized carbons (Fsp3) is 0.474. The summed E-state index contributed by atoms with van der Waals surface area (Å²) in [6.45, 7) is 8.02. The minimum Gasteiger partial charge on any atom is -0.361 e. The van der Waals surface area contributed by atoms with Gasteiger partial charge in [-0.3, -0.25) is 0 Å². The Labute approximate surface area is 189 Å². The van der Waals surface area contributed by atoms with Gasteiger partial charge in [0.1, 0.15) is 5.76 Å². The van der Waals surface area contributed by atoms with Crippen molar-refractivity contribution in [3.8, 4) is 0 Å². The second-order valence-corrected chi connectivity index (χ2v) is 7.86. The lowest BCUT2D eigenvalue weighted by atomic mass is 10.1. The van der Waals surface area contributed by atoms with Crippen LogP contribution < -0.4 is 15.8 Å². The van der Waals surface area contributed by atoms with Gasteiger partial charge in [-0.05, 0) is 37.5 Å². The summed E-state index contributed by atoms with van der Waals surface area (Å²) in [5.74, 6) is 1.60. The molecule has 0 fully saturated rings. The SMILES string of the molecule is CCNC(=NCc1c(CC)noc1CC)NCCc1ccc(S(N)(=O)=O)cc1.I. The minimum absolute atomic E-state index is 0. The van der Waals surface area contributed by atoms with Gasteiger partial charge in [0.2, 0.25) is 10.0 Å². The number of nitrogens with one attached hydrogen (secondary N) is 2. The Morgan fingerprint density at radius 1 is 1.14 bits per heavy atom. The normalized spacial score (nSPS) is 11.8. The van der Waals surface area contributed by atoms with Crippen LogP contribution in [0.15, 0.2) is 38.7 Å². The first-order chi connectivity index (χ1) is 13.4. The van der Waals surface area contributed by atoms with E-state index in [1.807, 2.05) is 13.8 Å². The van der Waals surface area contributed by atoms with Crippen LogP contribution in [0.25, 0.3) is 0 Å². The molecule has 10 heteroatoms. The Morgan fingerprint density at radius 3 is 2.38 bits per heavy atom. The van der Waals surface area contributed by atoms with Crippen molar-refractivity contribution in [1.82, 2.24) is 15.8 Å². The van der Waals surface area contributed by atoms with Crippen molar-refractivity contribution in [3.63, 3.8) is 0 Å². The second-order valence-electron chi connectivity index (χ2n) is 6.30. The molecule has 0 bridgehead atoms. The topological polar surface area (TPSA) is 123 Å². The fourth-order valence-electron chi connectivity index (χ4n) is 2.79. The zero-order chi connectivity index (χ0) is 20.6. The van der Waals surface area contributed by atoms with Crippen LogP contribution in [0.4, 0.5) is 0 Å². The van der Waals surface area contributed by atoms with E-state index < -0.39 is 10.0 Å². The summed E-state index contributed by atoms with van der Waals surface area (Å²) < 4.78 is 28.0. The summed E-state index contributed by atoms with van der Waals surface area (Å²) in [6.07, 6.45) is 2.33. The first kappa shape index (κ1) is 25.4. The van der Waals surface area contributed by atoms with Crippen LogP contribution in [0.1, 0.15) is 43.4 Å². The number of rotatable bonds is 9. The molecule has 8 nitrogen and oxygen atoms in total. The molecule has 0 saturated carbocycles. The van der Waals surface area contributed by atoms with E-state index in [0.29, 0.717) is 19.0 Å². The quantitative estimate of drug-likeness (QED) is 0.258. The Morgan fingerprint density at radius 2 is 1.83 bits per heavy atom. The summed E-state index contributed by atoms with van der Waals surface area (Å²) >= 11 is 0. The Balaban J connectivity index is 0.00000420. The molecule has 162 valence electrons. The molecule has 4 N–H and O–H groups in total. The highest BCUT2D eigenvalue weighted by Gasteiger charge is 2.13. The highest BCUT2D eigenvalue weighted by molar-refractivity contribution is 14.0. The first-order valence-electron chi connectivity index (χ1n) is 9.49. The Bertz CT molecular complexity index is 874. The molecule has 0 radical (unpaired) electrons. The van der Waals surface area contributed by atoms with Crippen molar-refractivity contribution in [1.29, 1.82) is 0 Å². The summed E-state index contributed by atoms with van der Waals surface area (Å²) in [6, 6.07) is 6.58. The minimum atomic E-state index is -3.66. The molecular weight excluding hydrogens is 505 g/mol. The molecule has 0 aliphatic heterocycles. The molecule has 0 aliphatic rings. The van der Waals surface area contributed by atoms with Crippen LogP contribution >= 0.6 is 24.0 Å². The van der Waals surface area contributed by atoms with E-state index >= 15 is 0 Å². The predicted molar refractivity (Wildman–Crippen MR) is 125 cm³/mol. The van der Waals surface area contributed by atoms with Crippen molar-refractivity contribution < 1.29 is 12.9 Å². The number of nitrogens with zero attached hydrogens (tertiary/aromatic N) is 2. The number of halogens is 1. The molecule has 0 amide bonds. The van der Waals surface area contributed by atoms with Crippen LogP contribution in [0.5, 0.6) is 0 Å². The van der Waals surface area contributed by atoms with Crippen LogP contribution in [-0.2, 0) is 35.8 Å². The van der Waals surface area contributed by atoms with Gasteiger partial charge < -0.3 is 15.2 Å². The third-order valence-electron chi connectivity index (χ3n) is 4.30. The van der Waals surface area contributed by atoms with Gasteiger partial charge in [0.05, 0.1) is 17.1 Å². The van der Waals surface area contributed by atoms with E-state index in [9.17, 15) is 8.42 Å². The molecule has 0 aliphatic carbocycles. The average molecular weight is 535 g/mol. The number of hydrogen-bond donors (Lipinski definition) is 3. The molecule has 0 saturated heterocycles. The smallest absolute Gasteiger partial charge is 0.238 e. The third kappa shape index (κ3) is 7.59. The largest absolute Gasteiger partial charge is 0.361 e. The number of hydrogen-bond acceptors (Lipinski definition) is 5. The van der Waals surface area contributed by atoms with Crippen molar-refractivity contribution >= 4 is 40.0 Å². The van der Waals surface area contributed by atoms with Crippen LogP contribution in [0.2, 0.25) is 0 Å². The second kappa shape index (κ2) is 12.1. The van der Waals surface area contributed by atoms with Crippen LogP contribution in [0, 0.1) is 0 Å². The Kier molecular flexibility index (Phi) is 10.6. The number of aromatic nitrogens is 1. The molecule has 0 unspecified atom stereocenters. The van der Waals surface area contributed by atoms with Gasteiger partial charge in [0, 0.05) is 25.1 Å². The highest BCUT2D eigenvalue weighted by atomic mass is 127. The van der Waals surface area contributed by atoms with E-state index in [4.69, 9.17) is 9.66 Å². The van der Waals surface area contributed by atoms with E-state index in [1.165, 1.54) is 12.1 Å². The number of primary sulfonamides is 1. The predicted octanol–water partition coefficient (Wildman–Crippen LogP) is 2.36. The van der Waals surface area contributed by atoms with Gasteiger partial charge in [-0.15, -0.1) is 24.0 Å². The maximum Gasteiger partial charge on any atom is 0.238 e. The summed E-state index contributed by atoms with van der Waals surface area (Å²) in [5.41, 5.74) is 3.02. The number of sulfonamides is 1. The lowest BCUT2D eigenvalue weighted by molar-refractivity contribution is 0.380. The molecule has 1 aromatic heterocycles. The summed E-state index contributed by atoms with van der Waals surface area (Å²) in [7, 11) is -3.66. The first-order valence-corrected chi connectivity index (χ1v) is 11.0.